The van der Waals surface area contributed by atoms with E-state index in [9.17, 15) is 8.78 Å². The molecule has 0 radical (unpaired) electrons. The molecule has 2 aliphatic rings. The molecule has 0 saturated heterocycles. The van der Waals surface area contributed by atoms with Gasteiger partial charge in [0.1, 0.15) is 0 Å². The molecular weight excluding hydrogens is 232 g/mol. The van der Waals surface area contributed by atoms with Crippen molar-refractivity contribution in [1.29, 1.82) is 0 Å². The van der Waals surface area contributed by atoms with Crippen molar-refractivity contribution in [2.45, 2.75) is 38.1 Å². The minimum absolute atomic E-state index is 0.1000. The first-order chi connectivity index (χ1) is 8.66. The summed E-state index contributed by atoms with van der Waals surface area (Å²) in [4.78, 5) is 0. The SMILES string of the molecule is NC(Cc1ccc(F)c(F)c1)C1C2CCCCC21. The fraction of sp³-hybridized carbons (Fsp3) is 0.600. The Morgan fingerprint density at radius 1 is 1.11 bits per heavy atom. The fourth-order valence-electron chi connectivity index (χ4n) is 3.76. The molecule has 3 heteroatoms. The van der Waals surface area contributed by atoms with E-state index in [1.165, 1.54) is 37.8 Å². The molecule has 3 atom stereocenters. The van der Waals surface area contributed by atoms with Gasteiger partial charge in [-0.3, -0.25) is 0 Å². The molecule has 3 rings (SSSR count). The highest BCUT2D eigenvalue weighted by molar-refractivity contribution is 5.20. The third kappa shape index (κ3) is 2.16. The van der Waals surface area contributed by atoms with Gasteiger partial charge in [-0.15, -0.1) is 0 Å². The van der Waals surface area contributed by atoms with Crippen LogP contribution in [0.2, 0.25) is 0 Å². The number of hydrogen-bond donors (Lipinski definition) is 1. The summed E-state index contributed by atoms with van der Waals surface area (Å²) in [7, 11) is 0. The van der Waals surface area contributed by atoms with Crippen molar-refractivity contribution < 1.29 is 8.78 Å². The molecule has 2 fully saturated rings. The van der Waals surface area contributed by atoms with E-state index in [2.05, 4.69) is 0 Å². The Hall–Kier alpha value is -0.960. The third-order valence-electron chi connectivity index (χ3n) is 4.67. The molecule has 0 spiro atoms. The minimum Gasteiger partial charge on any atom is -0.327 e. The summed E-state index contributed by atoms with van der Waals surface area (Å²) in [5.41, 5.74) is 7.05. The quantitative estimate of drug-likeness (QED) is 0.876. The second-order valence-corrected chi connectivity index (χ2v) is 5.81. The van der Waals surface area contributed by atoms with Crippen LogP contribution in [0.5, 0.6) is 0 Å². The minimum atomic E-state index is -0.785. The number of nitrogens with two attached hydrogens (primary N) is 1. The standard InChI is InChI=1S/C15H19F2N/c16-12-6-5-9(7-13(12)17)8-14(18)15-10-3-1-2-4-11(10)15/h5-7,10-11,14-15H,1-4,8,18H2. The maximum Gasteiger partial charge on any atom is 0.159 e. The van der Waals surface area contributed by atoms with Crippen LogP contribution >= 0.6 is 0 Å². The van der Waals surface area contributed by atoms with Crippen molar-refractivity contribution in [3.8, 4) is 0 Å². The molecule has 2 N–H and O–H groups in total. The molecule has 18 heavy (non-hydrogen) atoms. The van der Waals surface area contributed by atoms with E-state index in [-0.39, 0.29) is 6.04 Å². The zero-order valence-electron chi connectivity index (χ0n) is 10.4. The summed E-state index contributed by atoms with van der Waals surface area (Å²) >= 11 is 0. The smallest absolute Gasteiger partial charge is 0.159 e. The average Bonchev–Trinajstić information content (AvgIpc) is 3.08. The molecule has 3 unspecified atom stereocenters. The lowest BCUT2D eigenvalue weighted by Crippen LogP contribution is -2.26. The Balaban J connectivity index is 1.64. The van der Waals surface area contributed by atoms with Crippen LogP contribution in [0.4, 0.5) is 8.78 Å². The molecule has 1 aromatic rings. The first-order valence-electron chi connectivity index (χ1n) is 6.86. The highest BCUT2D eigenvalue weighted by atomic mass is 19.2. The lowest BCUT2D eigenvalue weighted by atomic mass is 10.0. The maximum atomic E-state index is 13.1. The van der Waals surface area contributed by atoms with E-state index in [0.29, 0.717) is 12.3 Å². The lowest BCUT2D eigenvalue weighted by Gasteiger charge is -2.11. The summed E-state index contributed by atoms with van der Waals surface area (Å²) in [6, 6.07) is 4.21. The Bertz CT molecular complexity index is 434. The van der Waals surface area contributed by atoms with Gasteiger partial charge in [0.15, 0.2) is 11.6 Å². The van der Waals surface area contributed by atoms with Gasteiger partial charge in [0.05, 0.1) is 0 Å². The van der Waals surface area contributed by atoms with Gasteiger partial charge in [-0.1, -0.05) is 18.9 Å². The second kappa shape index (κ2) is 4.61. The van der Waals surface area contributed by atoms with E-state index >= 15 is 0 Å². The number of benzene rings is 1. The van der Waals surface area contributed by atoms with E-state index < -0.39 is 11.6 Å². The van der Waals surface area contributed by atoms with Crippen molar-refractivity contribution >= 4 is 0 Å². The van der Waals surface area contributed by atoms with Crippen LogP contribution in [-0.4, -0.2) is 6.04 Å². The first-order valence-corrected chi connectivity index (χ1v) is 6.86. The largest absolute Gasteiger partial charge is 0.327 e. The van der Waals surface area contributed by atoms with E-state index in [0.717, 1.165) is 17.4 Å². The van der Waals surface area contributed by atoms with Gasteiger partial charge in [-0.05, 0) is 54.7 Å². The summed E-state index contributed by atoms with van der Waals surface area (Å²) in [6.45, 7) is 0. The van der Waals surface area contributed by atoms with Crippen LogP contribution < -0.4 is 5.73 Å². The van der Waals surface area contributed by atoms with Gasteiger partial charge < -0.3 is 5.73 Å². The molecule has 1 nitrogen and oxygen atoms in total. The second-order valence-electron chi connectivity index (χ2n) is 5.81. The summed E-state index contributed by atoms with van der Waals surface area (Å²) in [5, 5.41) is 0. The number of rotatable bonds is 3. The predicted octanol–water partition coefficient (Wildman–Crippen LogP) is 3.27. The van der Waals surface area contributed by atoms with Crippen molar-refractivity contribution in [2.75, 3.05) is 0 Å². The van der Waals surface area contributed by atoms with E-state index in [4.69, 9.17) is 5.73 Å². The Labute approximate surface area is 106 Å². The highest BCUT2D eigenvalue weighted by Gasteiger charge is 2.52. The Morgan fingerprint density at radius 3 is 2.39 bits per heavy atom. The molecule has 0 aliphatic heterocycles. The van der Waals surface area contributed by atoms with Gasteiger partial charge in [0, 0.05) is 6.04 Å². The Morgan fingerprint density at radius 2 is 1.78 bits per heavy atom. The van der Waals surface area contributed by atoms with Crippen molar-refractivity contribution in [3.63, 3.8) is 0 Å². The van der Waals surface area contributed by atoms with Crippen LogP contribution in [0, 0.1) is 29.4 Å². The highest BCUT2D eigenvalue weighted by Crippen LogP contribution is 2.56. The van der Waals surface area contributed by atoms with Crippen molar-refractivity contribution in [2.24, 2.45) is 23.5 Å². The summed E-state index contributed by atoms with van der Waals surface area (Å²) < 4.78 is 26.0. The maximum absolute atomic E-state index is 13.1. The van der Waals surface area contributed by atoms with Crippen LogP contribution in [0.1, 0.15) is 31.2 Å². The summed E-state index contributed by atoms with van der Waals surface area (Å²) in [5.74, 6) is 0.666. The van der Waals surface area contributed by atoms with Gasteiger partial charge in [-0.2, -0.15) is 0 Å². The van der Waals surface area contributed by atoms with Gasteiger partial charge in [-0.25, -0.2) is 8.78 Å². The molecule has 2 saturated carbocycles. The third-order valence-corrected chi connectivity index (χ3v) is 4.67. The molecular formula is C15H19F2N. The molecule has 1 aromatic carbocycles. The van der Waals surface area contributed by atoms with Gasteiger partial charge >= 0.3 is 0 Å². The van der Waals surface area contributed by atoms with Crippen molar-refractivity contribution in [3.05, 3.63) is 35.4 Å². The van der Waals surface area contributed by atoms with Gasteiger partial charge in [0.2, 0.25) is 0 Å². The number of fused-ring (bicyclic) bond motifs is 1. The number of hydrogen-bond acceptors (Lipinski definition) is 1. The van der Waals surface area contributed by atoms with E-state index in [1.54, 1.807) is 6.07 Å². The summed E-state index contributed by atoms with van der Waals surface area (Å²) in [6.07, 6.45) is 5.93. The number of halogens is 2. The monoisotopic (exact) mass is 251 g/mol. The molecule has 0 aromatic heterocycles. The molecule has 0 heterocycles. The average molecular weight is 251 g/mol. The zero-order valence-corrected chi connectivity index (χ0v) is 10.4. The zero-order chi connectivity index (χ0) is 12.7. The molecule has 98 valence electrons. The van der Waals surface area contributed by atoms with Crippen molar-refractivity contribution in [1.82, 2.24) is 0 Å². The predicted molar refractivity (Wildman–Crippen MR) is 67.0 cm³/mol. The topological polar surface area (TPSA) is 26.0 Å². The van der Waals surface area contributed by atoms with Crippen LogP contribution in [-0.2, 0) is 6.42 Å². The molecule has 2 aliphatic carbocycles. The normalized spacial score (nSPS) is 31.8. The molecule has 0 bridgehead atoms. The lowest BCUT2D eigenvalue weighted by molar-refractivity contribution is 0.480. The van der Waals surface area contributed by atoms with Crippen LogP contribution in [0.3, 0.4) is 0 Å². The fourth-order valence-corrected chi connectivity index (χ4v) is 3.76. The van der Waals surface area contributed by atoms with Gasteiger partial charge in [0.25, 0.3) is 0 Å². The van der Waals surface area contributed by atoms with E-state index in [1.807, 2.05) is 0 Å². The van der Waals surface area contributed by atoms with Crippen LogP contribution in [0.15, 0.2) is 18.2 Å². The molecule has 0 amide bonds. The van der Waals surface area contributed by atoms with Crippen LogP contribution in [0.25, 0.3) is 0 Å². The Kier molecular flexibility index (Phi) is 3.10. The first kappa shape index (κ1) is 12.1.